The number of piperazine rings is 1. The SMILES string of the molecule is COc1cccc2c(C(=O)N3CCN(c4ncc[nH]4)CC3)n[nH]c12. The molecule has 0 radical (unpaired) electrons. The van der Waals surface area contributed by atoms with Gasteiger partial charge in [0.15, 0.2) is 5.69 Å². The van der Waals surface area contributed by atoms with Crippen molar-refractivity contribution >= 4 is 22.8 Å². The molecular formula is C16H18N6O2. The maximum Gasteiger partial charge on any atom is 0.275 e. The molecule has 2 aromatic heterocycles. The van der Waals surface area contributed by atoms with Crippen LogP contribution >= 0.6 is 0 Å². The highest BCUT2D eigenvalue weighted by Gasteiger charge is 2.26. The van der Waals surface area contributed by atoms with Crippen molar-refractivity contribution in [1.82, 2.24) is 25.1 Å². The number of ether oxygens (including phenoxy) is 1. The maximum atomic E-state index is 12.8. The maximum absolute atomic E-state index is 12.8. The fraction of sp³-hybridized carbons (Fsp3) is 0.312. The zero-order chi connectivity index (χ0) is 16.5. The second-order valence-electron chi connectivity index (χ2n) is 5.65. The van der Waals surface area contributed by atoms with Crippen molar-refractivity contribution in [1.29, 1.82) is 0 Å². The topological polar surface area (TPSA) is 90.1 Å². The van der Waals surface area contributed by atoms with Gasteiger partial charge in [0.05, 0.1) is 7.11 Å². The Kier molecular flexibility index (Phi) is 3.56. The number of para-hydroxylation sites is 1. The van der Waals surface area contributed by atoms with Gasteiger partial charge in [-0.2, -0.15) is 5.10 Å². The van der Waals surface area contributed by atoms with E-state index in [4.69, 9.17) is 4.74 Å². The molecule has 1 amide bonds. The predicted octanol–water partition coefficient (Wildman–Crippen LogP) is 1.26. The third kappa shape index (κ3) is 2.36. The van der Waals surface area contributed by atoms with E-state index in [1.54, 1.807) is 19.5 Å². The van der Waals surface area contributed by atoms with Crippen molar-refractivity contribution < 1.29 is 9.53 Å². The Morgan fingerprint density at radius 1 is 1.25 bits per heavy atom. The molecule has 4 rings (SSSR count). The number of amides is 1. The van der Waals surface area contributed by atoms with Gasteiger partial charge in [0.1, 0.15) is 11.3 Å². The van der Waals surface area contributed by atoms with Crippen LogP contribution in [0, 0.1) is 0 Å². The molecule has 24 heavy (non-hydrogen) atoms. The molecule has 2 N–H and O–H groups in total. The molecule has 1 aromatic carbocycles. The minimum absolute atomic E-state index is 0.0615. The van der Waals surface area contributed by atoms with E-state index in [-0.39, 0.29) is 5.91 Å². The van der Waals surface area contributed by atoms with E-state index in [2.05, 4.69) is 25.1 Å². The summed E-state index contributed by atoms with van der Waals surface area (Å²) in [6.45, 7) is 2.76. The number of carbonyl (C=O) groups is 1. The minimum Gasteiger partial charge on any atom is -0.494 e. The van der Waals surface area contributed by atoms with Crippen molar-refractivity contribution in [3.8, 4) is 5.75 Å². The summed E-state index contributed by atoms with van der Waals surface area (Å²) in [5.41, 5.74) is 1.19. The number of rotatable bonds is 3. The monoisotopic (exact) mass is 326 g/mol. The molecule has 0 unspecified atom stereocenters. The van der Waals surface area contributed by atoms with Crippen LogP contribution in [0.15, 0.2) is 30.6 Å². The number of benzene rings is 1. The molecular weight excluding hydrogens is 308 g/mol. The molecule has 1 saturated heterocycles. The number of carbonyl (C=O) groups excluding carboxylic acids is 1. The van der Waals surface area contributed by atoms with Crippen LogP contribution in [0.3, 0.4) is 0 Å². The average Bonchev–Trinajstić information content (AvgIpc) is 3.30. The Morgan fingerprint density at radius 3 is 2.79 bits per heavy atom. The number of anilines is 1. The zero-order valence-electron chi connectivity index (χ0n) is 13.3. The van der Waals surface area contributed by atoms with Crippen LogP contribution in [0.4, 0.5) is 5.95 Å². The number of imidazole rings is 1. The normalized spacial score (nSPS) is 15.0. The van der Waals surface area contributed by atoms with Crippen molar-refractivity contribution in [3.05, 3.63) is 36.3 Å². The lowest BCUT2D eigenvalue weighted by Crippen LogP contribution is -2.49. The summed E-state index contributed by atoms with van der Waals surface area (Å²) in [6, 6.07) is 5.59. The molecule has 0 atom stereocenters. The molecule has 8 heteroatoms. The fourth-order valence-corrected chi connectivity index (χ4v) is 3.05. The lowest BCUT2D eigenvalue weighted by atomic mass is 10.1. The van der Waals surface area contributed by atoms with E-state index >= 15 is 0 Å². The molecule has 8 nitrogen and oxygen atoms in total. The zero-order valence-corrected chi connectivity index (χ0v) is 13.3. The summed E-state index contributed by atoms with van der Waals surface area (Å²) in [5.74, 6) is 1.47. The van der Waals surface area contributed by atoms with Crippen LogP contribution in [0.1, 0.15) is 10.5 Å². The number of fused-ring (bicyclic) bond motifs is 1. The molecule has 1 fully saturated rings. The van der Waals surface area contributed by atoms with E-state index < -0.39 is 0 Å². The van der Waals surface area contributed by atoms with Crippen LogP contribution in [0.2, 0.25) is 0 Å². The van der Waals surface area contributed by atoms with E-state index in [1.807, 2.05) is 23.1 Å². The van der Waals surface area contributed by atoms with E-state index in [0.717, 1.165) is 29.9 Å². The number of methoxy groups -OCH3 is 1. The van der Waals surface area contributed by atoms with Crippen LogP contribution in [0.5, 0.6) is 5.75 Å². The first-order valence-electron chi connectivity index (χ1n) is 7.82. The molecule has 1 aliphatic rings. The number of nitrogens with one attached hydrogen (secondary N) is 2. The summed E-state index contributed by atoms with van der Waals surface area (Å²) in [7, 11) is 1.60. The quantitative estimate of drug-likeness (QED) is 0.756. The summed E-state index contributed by atoms with van der Waals surface area (Å²) < 4.78 is 5.31. The van der Waals surface area contributed by atoms with E-state index in [1.165, 1.54) is 0 Å². The van der Waals surface area contributed by atoms with Gasteiger partial charge in [0.2, 0.25) is 5.95 Å². The van der Waals surface area contributed by atoms with Crippen molar-refractivity contribution in [3.63, 3.8) is 0 Å². The number of nitrogens with zero attached hydrogens (tertiary/aromatic N) is 4. The predicted molar refractivity (Wildman–Crippen MR) is 89.3 cm³/mol. The van der Waals surface area contributed by atoms with E-state index in [0.29, 0.717) is 24.5 Å². The Morgan fingerprint density at radius 2 is 2.08 bits per heavy atom. The van der Waals surface area contributed by atoms with Crippen molar-refractivity contribution in [2.24, 2.45) is 0 Å². The Balaban J connectivity index is 1.53. The number of aromatic nitrogens is 4. The van der Waals surface area contributed by atoms with Gasteiger partial charge in [-0.25, -0.2) is 4.98 Å². The molecule has 0 aliphatic carbocycles. The molecule has 1 aliphatic heterocycles. The van der Waals surface area contributed by atoms with Crippen molar-refractivity contribution in [2.75, 3.05) is 38.2 Å². The molecule has 3 aromatic rings. The largest absolute Gasteiger partial charge is 0.494 e. The third-order valence-corrected chi connectivity index (χ3v) is 4.33. The molecule has 124 valence electrons. The van der Waals surface area contributed by atoms with Gasteiger partial charge in [-0.15, -0.1) is 0 Å². The molecule has 3 heterocycles. The van der Waals surface area contributed by atoms with E-state index in [9.17, 15) is 4.79 Å². The van der Waals surface area contributed by atoms with Crippen LogP contribution in [-0.2, 0) is 0 Å². The van der Waals surface area contributed by atoms with Gasteiger partial charge in [0, 0.05) is 44.0 Å². The Bertz CT molecular complexity index is 849. The highest BCUT2D eigenvalue weighted by atomic mass is 16.5. The number of H-pyrrole nitrogens is 2. The third-order valence-electron chi connectivity index (χ3n) is 4.33. The smallest absolute Gasteiger partial charge is 0.275 e. The van der Waals surface area contributed by atoms with Gasteiger partial charge >= 0.3 is 0 Å². The molecule has 0 saturated carbocycles. The minimum atomic E-state index is -0.0615. The molecule has 0 bridgehead atoms. The van der Waals surface area contributed by atoms with Gasteiger partial charge < -0.3 is 19.5 Å². The summed E-state index contributed by atoms with van der Waals surface area (Å²) in [6.07, 6.45) is 3.53. The summed E-state index contributed by atoms with van der Waals surface area (Å²) >= 11 is 0. The highest BCUT2D eigenvalue weighted by molar-refractivity contribution is 6.06. The van der Waals surface area contributed by atoms with Gasteiger partial charge in [0.25, 0.3) is 5.91 Å². The second kappa shape index (κ2) is 5.88. The number of aromatic amines is 2. The average molecular weight is 326 g/mol. The van der Waals surface area contributed by atoms with Crippen molar-refractivity contribution in [2.45, 2.75) is 0 Å². The van der Waals surface area contributed by atoms with Gasteiger partial charge in [-0.1, -0.05) is 12.1 Å². The first-order valence-corrected chi connectivity index (χ1v) is 7.82. The number of hydrogen-bond donors (Lipinski definition) is 2. The standard InChI is InChI=1S/C16H18N6O2/c1-24-12-4-2-3-11-13(12)19-20-14(11)15(23)21-7-9-22(10-8-21)16-17-5-6-18-16/h2-6H,7-10H2,1H3,(H,17,18)(H,19,20). The van der Waals surface area contributed by atoms with Crippen LogP contribution < -0.4 is 9.64 Å². The van der Waals surface area contributed by atoms with Crippen LogP contribution in [0.25, 0.3) is 10.9 Å². The fourth-order valence-electron chi connectivity index (χ4n) is 3.05. The van der Waals surface area contributed by atoms with Gasteiger partial charge in [-0.3, -0.25) is 9.89 Å². The Hall–Kier alpha value is -3.03. The summed E-state index contributed by atoms with van der Waals surface area (Å²) in [5, 5.41) is 7.92. The molecule has 0 spiro atoms. The number of hydrogen-bond acceptors (Lipinski definition) is 5. The Labute approximate surface area is 138 Å². The highest BCUT2D eigenvalue weighted by Crippen LogP contribution is 2.26. The lowest BCUT2D eigenvalue weighted by Gasteiger charge is -2.34. The van der Waals surface area contributed by atoms with Crippen LogP contribution in [-0.4, -0.2) is 64.3 Å². The first-order chi connectivity index (χ1) is 11.8. The van der Waals surface area contributed by atoms with Gasteiger partial charge in [-0.05, 0) is 6.07 Å². The first kappa shape index (κ1) is 14.6. The second-order valence-corrected chi connectivity index (χ2v) is 5.65. The lowest BCUT2D eigenvalue weighted by molar-refractivity contribution is 0.0742. The summed E-state index contributed by atoms with van der Waals surface area (Å²) in [4.78, 5) is 24.1.